The lowest BCUT2D eigenvalue weighted by molar-refractivity contribution is 0.145. The van der Waals surface area contributed by atoms with Crippen LogP contribution in [0.1, 0.15) is 42.1 Å². The van der Waals surface area contributed by atoms with Crippen molar-refractivity contribution in [3.63, 3.8) is 0 Å². The molecule has 0 saturated carbocycles. The third-order valence-corrected chi connectivity index (χ3v) is 4.09. The molecule has 0 saturated heterocycles. The van der Waals surface area contributed by atoms with E-state index in [1.165, 1.54) is 11.1 Å². The molecule has 0 heterocycles. The molecule has 0 aliphatic heterocycles. The SMILES string of the molecule is CCOc1ccc(C(O)C2CCc3ccccc32)cc1. The third-order valence-electron chi connectivity index (χ3n) is 4.09. The molecule has 0 fully saturated rings. The van der Waals surface area contributed by atoms with E-state index < -0.39 is 6.10 Å². The summed E-state index contributed by atoms with van der Waals surface area (Å²) < 4.78 is 5.44. The van der Waals surface area contributed by atoms with Crippen molar-refractivity contribution < 1.29 is 9.84 Å². The second-order valence-electron chi connectivity index (χ2n) is 5.29. The average molecular weight is 268 g/mol. The number of aliphatic hydroxyl groups is 1. The fourth-order valence-corrected chi connectivity index (χ4v) is 3.08. The standard InChI is InChI=1S/C18H20O2/c1-2-20-15-10-7-14(8-11-15)18(19)17-12-9-13-5-3-4-6-16(13)17/h3-8,10-11,17-19H,2,9,12H2,1H3. The number of benzene rings is 2. The quantitative estimate of drug-likeness (QED) is 0.912. The third kappa shape index (κ3) is 2.44. The van der Waals surface area contributed by atoms with Crippen LogP contribution in [0.3, 0.4) is 0 Å². The Morgan fingerprint density at radius 2 is 1.90 bits per heavy atom. The minimum absolute atomic E-state index is 0.212. The van der Waals surface area contributed by atoms with Crippen molar-refractivity contribution in [1.82, 2.24) is 0 Å². The Kier molecular flexibility index (Phi) is 3.75. The minimum Gasteiger partial charge on any atom is -0.494 e. The molecule has 2 heteroatoms. The van der Waals surface area contributed by atoms with Crippen molar-refractivity contribution in [2.75, 3.05) is 6.61 Å². The summed E-state index contributed by atoms with van der Waals surface area (Å²) in [6, 6.07) is 16.2. The highest BCUT2D eigenvalue weighted by Gasteiger charge is 2.29. The molecule has 20 heavy (non-hydrogen) atoms. The van der Waals surface area contributed by atoms with Crippen LogP contribution in [0.15, 0.2) is 48.5 Å². The summed E-state index contributed by atoms with van der Waals surface area (Å²) in [6.45, 7) is 2.64. The van der Waals surface area contributed by atoms with Crippen molar-refractivity contribution >= 4 is 0 Å². The van der Waals surface area contributed by atoms with Crippen LogP contribution in [0.25, 0.3) is 0 Å². The van der Waals surface area contributed by atoms with Crippen LogP contribution in [0.2, 0.25) is 0 Å². The molecule has 3 rings (SSSR count). The van der Waals surface area contributed by atoms with Gasteiger partial charge in [-0.25, -0.2) is 0 Å². The number of hydrogen-bond acceptors (Lipinski definition) is 2. The minimum atomic E-state index is -0.436. The number of fused-ring (bicyclic) bond motifs is 1. The fraction of sp³-hybridized carbons (Fsp3) is 0.333. The predicted octanol–water partition coefficient (Wildman–Crippen LogP) is 3.85. The molecule has 2 atom stereocenters. The highest BCUT2D eigenvalue weighted by molar-refractivity contribution is 5.38. The van der Waals surface area contributed by atoms with Gasteiger partial charge < -0.3 is 9.84 Å². The van der Waals surface area contributed by atoms with Gasteiger partial charge in [-0.1, -0.05) is 36.4 Å². The molecule has 1 N–H and O–H groups in total. The summed E-state index contributed by atoms with van der Waals surface area (Å²) in [5.41, 5.74) is 3.64. The molecule has 0 amide bonds. The van der Waals surface area contributed by atoms with Gasteiger partial charge in [0.2, 0.25) is 0 Å². The van der Waals surface area contributed by atoms with Crippen LogP contribution in [0.5, 0.6) is 5.75 Å². The normalized spacial score (nSPS) is 18.6. The summed E-state index contributed by atoms with van der Waals surface area (Å²) in [6.07, 6.45) is 1.65. The smallest absolute Gasteiger partial charge is 0.119 e. The maximum atomic E-state index is 10.6. The van der Waals surface area contributed by atoms with Gasteiger partial charge in [0.15, 0.2) is 0 Å². The second-order valence-corrected chi connectivity index (χ2v) is 5.29. The summed E-state index contributed by atoms with van der Waals surface area (Å²) in [5, 5.41) is 10.6. The van der Waals surface area contributed by atoms with E-state index in [1.807, 2.05) is 31.2 Å². The van der Waals surface area contributed by atoms with E-state index in [2.05, 4.69) is 24.3 Å². The van der Waals surface area contributed by atoms with Crippen LogP contribution >= 0.6 is 0 Å². The molecule has 0 aromatic heterocycles. The van der Waals surface area contributed by atoms with E-state index in [1.54, 1.807) is 0 Å². The molecule has 0 spiro atoms. The molecule has 1 aliphatic carbocycles. The van der Waals surface area contributed by atoms with Crippen LogP contribution in [-0.2, 0) is 6.42 Å². The lowest BCUT2D eigenvalue weighted by atomic mass is 9.90. The number of rotatable bonds is 4. The highest BCUT2D eigenvalue weighted by Crippen LogP contribution is 2.41. The van der Waals surface area contributed by atoms with Crippen LogP contribution in [0, 0.1) is 0 Å². The first-order valence-corrected chi connectivity index (χ1v) is 7.28. The number of hydrogen-bond donors (Lipinski definition) is 1. The Morgan fingerprint density at radius 1 is 1.15 bits per heavy atom. The van der Waals surface area contributed by atoms with E-state index in [-0.39, 0.29) is 5.92 Å². The van der Waals surface area contributed by atoms with Crippen LogP contribution < -0.4 is 4.74 Å². The summed E-state index contributed by atoms with van der Waals surface area (Å²) in [4.78, 5) is 0. The second kappa shape index (κ2) is 5.68. The Morgan fingerprint density at radius 3 is 2.65 bits per heavy atom. The Labute approximate surface area is 120 Å². The highest BCUT2D eigenvalue weighted by atomic mass is 16.5. The summed E-state index contributed by atoms with van der Waals surface area (Å²) >= 11 is 0. The van der Waals surface area contributed by atoms with Crippen molar-refractivity contribution in [2.45, 2.75) is 31.8 Å². The fourth-order valence-electron chi connectivity index (χ4n) is 3.08. The van der Waals surface area contributed by atoms with Gasteiger partial charge in [-0.05, 0) is 48.6 Å². The Balaban J connectivity index is 1.81. The van der Waals surface area contributed by atoms with Gasteiger partial charge in [0.25, 0.3) is 0 Å². The molecule has 2 aromatic carbocycles. The first-order valence-electron chi connectivity index (χ1n) is 7.28. The maximum Gasteiger partial charge on any atom is 0.119 e. The van der Waals surface area contributed by atoms with Crippen LogP contribution in [0.4, 0.5) is 0 Å². The molecule has 0 bridgehead atoms. The van der Waals surface area contributed by atoms with E-state index >= 15 is 0 Å². The largest absolute Gasteiger partial charge is 0.494 e. The van der Waals surface area contributed by atoms with E-state index in [0.29, 0.717) is 6.61 Å². The van der Waals surface area contributed by atoms with Gasteiger partial charge in [0, 0.05) is 5.92 Å². The molecule has 1 aliphatic rings. The van der Waals surface area contributed by atoms with Crippen molar-refractivity contribution in [3.8, 4) is 5.75 Å². The van der Waals surface area contributed by atoms with E-state index in [4.69, 9.17) is 4.74 Å². The zero-order valence-corrected chi connectivity index (χ0v) is 11.8. The van der Waals surface area contributed by atoms with E-state index in [9.17, 15) is 5.11 Å². The molecule has 2 aromatic rings. The molecular weight excluding hydrogens is 248 g/mol. The van der Waals surface area contributed by atoms with Gasteiger partial charge in [-0.3, -0.25) is 0 Å². The summed E-state index contributed by atoms with van der Waals surface area (Å²) in [7, 11) is 0. The number of aliphatic hydroxyl groups excluding tert-OH is 1. The van der Waals surface area contributed by atoms with Crippen molar-refractivity contribution in [1.29, 1.82) is 0 Å². The zero-order valence-electron chi connectivity index (χ0n) is 11.8. The van der Waals surface area contributed by atoms with Gasteiger partial charge in [-0.15, -0.1) is 0 Å². The maximum absolute atomic E-state index is 10.6. The molecule has 2 unspecified atom stereocenters. The van der Waals surface area contributed by atoms with Gasteiger partial charge >= 0.3 is 0 Å². The lowest BCUT2D eigenvalue weighted by Gasteiger charge is -2.20. The first kappa shape index (κ1) is 13.2. The predicted molar refractivity (Wildman–Crippen MR) is 80.1 cm³/mol. The average Bonchev–Trinajstić information content (AvgIpc) is 2.92. The lowest BCUT2D eigenvalue weighted by Crippen LogP contribution is -2.08. The van der Waals surface area contributed by atoms with Crippen LogP contribution in [-0.4, -0.2) is 11.7 Å². The Hall–Kier alpha value is -1.80. The monoisotopic (exact) mass is 268 g/mol. The van der Waals surface area contributed by atoms with E-state index in [0.717, 1.165) is 24.2 Å². The van der Waals surface area contributed by atoms with Gasteiger partial charge in [0.1, 0.15) is 5.75 Å². The molecular formula is C18H20O2. The number of ether oxygens (including phenoxy) is 1. The zero-order chi connectivity index (χ0) is 13.9. The van der Waals surface area contributed by atoms with Crippen molar-refractivity contribution in [3.05, 3.63) is 65.2 Å². The topological polar surface area (TPSA) is 29.5 Å². The molecule has 0 radical (unpaired) electrons. The summed E-state index contributed by atoms with van der Waals surface area (Å²) in [5.74, 6) is 1.07. The molecule has 2 nitrogen and oxygen atoms in total. The van der Waals surface area contributed by atoms with Gasteiger partial charge in [0.05, 0.1) is 12.7 Å². The van der Waals surface area contributed by atoms with Crippen molar-refractivity contribution in [2.24, 2.45) is 0 Å². The first-order chi connectivity index (χ1) is 9.79. The Bertz CT molecular complexity index is 574. The number of aryl methyl sites for hydroxylation is 1. The van der Waals surface area contributed by atoms with Gasteiger partial charge in [-0.2, -0.15) is 0 Å². The molecule has 104 valence electrons.